The molecule has 0 N–H and O–H groups in total. The molecule has 0 bridgehead atoms. The number of hydrogen-bond donors (Lipinski definition) is 0. The maximum absolute atomic E-state index is 3.53. The van der Waals surface area contributed by atoms with Crippen molar-refractivity contribution in [2.45, 2.75) is 100 Å². The smallest absolute Gasteiger partial charge is 1.00 e. The van der Waals surface area contributed by atoms with Crippen LogP contribution in [0.5, 0.6) is 0 Å². The first-order valence-electron chi connectivity index (χ1n) is 15.0. The van der Waals surface area contributed by atoms with Gasteiger partial charge in [0.2, 0.25) is 0 Å². The zero-order chi connectivity index (χ0) is 30.8. The van der Waals surface area contributed by atoms with Crippen LogP contribution >= 0.6 is 0 Å². The van der Waals surface area contributed by atoms with Crippen LogP contribution in [-0.2, 0) is 41.5 Å². The van der Waals surface area contributed by atoms with E-state index >= 15 is 0 Å². The predicted octanol–water partition coefficient (Wildman–Crippen LogP) is 4.71. The van der Waals surface area contributed by atoms with Gasteiger partial charge in [-0.2, -0.15) is 41.0 Å². The van der Waals surface area contributed by atoms with E-state index in [0.717, 1.165) is 6.42 Å². The fraction of sp³-hybridized carbons (Fsp3) is 0.425. The fourth-order valence-electron chi connectivity index (χ4n) is 5.30. The summed E-state index contributed by atoms with van der Waals surface area (Å²) < 4.78 is 2.19. The topological polar surface area (TPSA) is 0 Å². The summed E-state index contributed by atoms with van der Waals surface area (Å²) in [5.74, 6) is 0.518. The molecule has 3 aromatic rings. The first-order valence-corrected chi connectivity index (χ1v) is 16.4. The van der Waals surface area contributed by atoms with Gasteiger partial charge in [0.15, 0.2) is 0 Å². The summed E-state index contributed by atoms with van der Waals surface area (Å²) in [7, 11) is 0. The molecule has 3 aromatic carbocycles. The van der Waals surface area contributed by atoms with Crippen molar-refractivity contribution in [3.05, 3.63) is 117 Å². The number of allylic oxidation sites excluding steroid dienone is 4. The fourth-order valence-corrected chi connectivity index (χ4v) is 5.77. The van der Waals surface area contributed by atoms with Crippen LogP contribution in [-0.4, -0.2) is 3.71 Å². The molecule has 1 unspecified atom stereocenters. The van der Waals surface area contributed by atoms with Crippen molar-refractivity contribution < 1.29 is 49.0 Å². The Morgan fingerprint density at radius 1 is 0.744 bits per heavy atom. The number of rotatable bonds is 1. The minimum Gasteiger partial charge on any atom is -1.00 e. The maximum Gasteiger partial charge on any atom is -1.00 e. The van der Waals surface area contributed by atoms with Gasteiger partial charge in [-0.1, -0.05) is 122 Å². The molecule has 0 aromatic heterocycles. The van der Waals surface area contributed by atoms with Gasteiger partial charge in [0.05, 0.1) is 0 Å². The van der Waals surface area contributed by atoms with Crippen LogP contribution in [0.1, 0.15) is 110 Å². The van der Waals surface area contributed by atoms with Gasteiger partial charge in [0.25, 0.3) is 0 Å². The van der Waals surface area contributed by atoms with E-state index < -0.39 is 0 Å². The van der Waals surface area contributed by atoms with Gasteiger partial charge in [0, 0.05) is 0 Å². The Bertz CT molecular complexity index is 1370. The molecule has 2 aliphatic carbocycles. The van der Waals surface area contributed by atoms with Gasteiger partial charge >= 0.3 is 70.3 Å². The van der Waals surface area contributed by atoms with Crippen molar-refractivity contribution in [2.75, 3.05) is 0 Å². The molecule has 1 atom stereocenters. The Morgan fingerprint density at radius 3 is 1.74 bits per heavy atom. The molecule has 0 amide bonds. The summed E-state index contributed by atoms with van der Waals surface area (Å²) in [6.07, 6.45) is 6.74. The molecule has 3 heteroatoms. The third-order valence-electron chi connectivity index (χ3n) is 7.84. The van der Waals surface area contributed by atoms with Gasteiger partial charge in [-0.15, -0.1) is 5.56 Å². The largest absolute Gasteiger partial charge is 1.00 e. The number of hydrogen-bond acceptors (Lipinski definition) is 0. The average molecular weight is 693 g/mol. The van der Waals surface area contributed by atoms with E-state index in [2.05, 4.69) is 160 Å². The molecule has 0 saturated heterocycles. The molecule has 0 heterocycles. The van der Waals surface area contributed by atoms with Crippen molar-refractivity contribution >= 4 is 3.71 Å². The summed E-state index contributed by atoms with van der Waals surface area (Å²) in [6, 6.07) is 23.6. The predicted molar refractivity (Wildman–Crippen MR) is 176 cm³/mol. The number of aryl methyl sites for hydroxylation is 1. The van der Waals surface area contributed by atoms with E-state index in [9.17, 15) is 0 Å². The number of benzene rings is 3. The molecule has 0 spiro atoms. The second-order valence-electron chi connectivity index (χ2n) is 14.8. The molecule has 43 heavy (non-hydrogen) atoms. The molecule has 0 fully saturated rings. The van der Waals surface area contributed by atoms with E-state index in [1.807, 2.05) is 0 Å². The average Bonchev–Trinajstić information content (AvgIpc) is 3.42. The summed E-state index contributed by atoms with van der Waals surface area (Å²) in [6.45, 7) is 26.8. The maximum atomic E-state index is 3.53. The quantitative estimate of drug-likeness (QED) is 0.254. The van der Waals surface area contributed by atoms with E-state index in [4.69, 9.17) is 0 Å². The monoisotopic (exact) mass is 690 g/mol. The molecule has 0 saturated carbocycles. The van der Waals surface area contributed by atoms with Crippen LogP contribution in [0, 0.1) is 30.4 Å². The zero-order valence-corrected chi connectivity index (χ0v) is 32.4. The molecular formula is C40H50Cl2Zr-2. The molecule has 5 rings (SSSR count). The number of fused-ring (bicyclic) bond motifs is 3. The minimum atomic E-state index is 0. The summed E-state index contributed by atoms with van der Waals surface area (Å²) in [5.41, 5.74) is 14.5. The molecule has 230 valence electrons. The van der Waals surface area contributed by atoms with Crippen LogP contribution in [0.15, 0.2) is 71.8 Å². The molecule has 0 nitrogen and oxygen atoms in total. The van der Waals surface area contributed by atoms with Crippen LogP contribution in [0.4, 0.5) is 0 Å². The Morgan fingerprint density at radius 2 is 1.30 bits per heavy atom. The van der Waals surface area contributed by atoms with Crippen LogP contribution in [0.2, 0.25) is 0 Å². The van der Waals surface area contributed by atoms with Crippen molar-refractivity contribution in [1.29, 1.82) is 0 Å². The Hall–Kier alpha value is -1.53. The van der Waals surface area contributed by atoms with Crippen molar-refractivity contribution in [2.24, 2.45) is 11.3 Å². The van der Waals surface area contributed by atoms with Gasteiger partial charge in [-0.05, 0) is 17.4 Å². The van der Waals surface area contributed by atoms with E-state index in [1.165, 1.54) is 79.9 Å². The second-order valence-corrected chi connectivity index (χ2v) is 15.5. The summed E-state index contributed by atoms with van der Waals surface area (Å²) in [4.78, 5) is 0. The molecular weight excluding hydrogens is 643 g/mol. The van der Waals surface area contributed by atoms with E-state index in [0.29, 0.717) is 11.3 Å². The second kappa shape index (κ2) is 15.7. The normalized spacial score (nSPS) is 15.2. The van der Waals surface area contributed by atoms with Crippen molar-refractivity contribution in [3.63, 3.8) is 0 Å². The van der Waals surface area contributed by atoms with E-state index in [-0.39, 0.29) is 35.6 Å². The zero-order valence-electron chi connectivity index (χ0n) is 28.4. The Kier molecular flexibility index (Phi) is 14.4. The van der Waals surface area contributed by atoms with Gasteiger partial charge < -0.3 is 24.8 Å². The van der Waals surface area contributed by atoms with Gasteiger partial charge in [-0.3, -0.25) is 6.08 Å². The third kappa shape index (κ3) is 10.8. The van der Waals surface area contributed by atoms with Crippen LogP contribution in [0.25, 0.3) is 11.1 Å². The van der Waals surface area contributed by atoms with E-state index in [1.54, 1.807) is 0 Å². The SMILES string of the molecule is CC(C)(C)c1c[c-]c2c(c1)-c1cc(C(C)(C)C)ccc1C2.CC1=[C-]C(C)C=C1C(C)(C)C.Cc1ccc([CH]=[Zr+2])cc1.[Cl-].[Cl-]. The van der Waals surface area contributed by atoms with Gasteiger partial charge in [-0.25, -0.2) is 5.57 Å². The van der Waals surface area contributed by atoms with Crippen molar-refractivity contribution in [1.82, 2.24) is 0 Å². The van der Waals surface area contributed by atoms with Crippen LogP contribution in [0.3, 0.4) is 0 Å². The Balaban J connectivity index is 0.000000356. The van der Waals surface area contributed by atoms with Gasteiger partial charge in [0.1, 0.15) is 0 Å². The minimum absolute atomic E-state index is 0. The third-order valence-corrected chi connectivity index (χ3v) is 8.66. The molecule has 0 radical (unpaired) electrons. The number of halogens is 2. The standard InChI is InChI=1S/C21H25.C11H17.C8H8.2ClH.Zr/c1-20(2,3)16-9-7-14-11-15-8-10-17(21(4,5)6)13-19(15)18(14)12-16;1-8-6-9(2)10(7-8)11(3,4)5;1-7-3-5-8(2)6-4-7;;;/h7,9-10,12-13H,11H2,1-6H3;7-8H,1-5H3;1,3-6H,2H3;2*1H;/q2*-1;;;;+2/p-2. The molecule has 0 aliphatic heterocycles. The summed E-state index contributed by atoms with van der Waals surface area (Å²) in [5, 5.41) is 0. The molecule has 2 aliphatic rings. The first kappa shape index (κ1) is 39.5. The Labute approximate surface area is 291 Å². The van der Waals surface area contributed by atoms with Crippen LogP contribution < -0.4 is 24.8 Å². The summed E-state index contributed by atoms with van der Waals surface area (Å²) >= 11 is 1.47. The first-order chi connectivity index (χ1) is 18.9. The van der Waals surface area contributed by atoms with Crippen molar-refractivity contribution in [3.8, 4) is 11.1 Å².